The monoisotopic (exact) mass is 419 g/mol. The van der Waals surface area contributed by atoms with E-state index in [2.05, 4.69) is 52.4 Å². The number of rotatable bonds is 10. The molecule has 2 aromatic rings. The Kier molecular flexibility index (Phi) is 8.32. The molecule has 0 bridgehead atoms. The number of likely N-dealkylation sites (N-methyl/N-ethyl adjacent to an activating group) is 1. The summed E-state index contributed by atoms with van der Waals surface area (Å²) in [6.45, 7) is 6.71. The van der Waals surface area contributed by atoms with Crippen LogP contribution in [0.15, 0.2) is 35.7 Å². The molecule has 6 nitrogen and oxygen atoms in total. The van der Waals surface area contributed by atoms with E-state index in [0.717, 1.165) is 44.8 Å². The minimum Gasteiger partial charge on any atom is -0.493 e. The number of thiophene rings is 1. The standard InChI is InChI=1S/C22H33N3O3S/c1-23-8-10-25(11-9-23)15-19(26)17-28-22-13-18(6-7-21(22)27-3)14-24(2)16-20-5-4-12-29-20/h4-7,12-13,19,26H,8-11,14-17H2,1-3H3. The summed E-state index contributed by atoms with van der Waals surface area (Å²) in [6, 6.07) is 10.3. The Labute approximate surface area is 178 Å². The fourth-order valence-corrected chi connectivity index (χ4v) is 4.32. The smallest absolute Gasteiger partial charge is 0.161 e. The van der Waals surface area contributed by atoms with Gasteiger partial charge >= 0.3 is 0 Å². The van der Waals surface area contributed by atoms with Gasteiger partial charge in [-0.3, -0.25) is 9.80 Å². The number of methoxy groups -OCH3 is 1. The molecule has 1 fully saturated rings. The molecule has 0 amide bonds. The fourth-order valence-electron chi connectivity index (χ4n) is 3.54. The summed E-state index contributed by atoms with van der Waals surface area (Å²) in [4.78, 5) is 8.23. The van der Waals surface area contributed by atoms with E-state index in [4.69, 9.17) is 9.47 Å². The van der Waals surface area contributed by atoms with Crippen LogP contribution in [0.5, 0.6) is 11.5 Å². The van der Waals surface area contributed by atoms with E-state index >= 15 is 0 Å². The van der Waals surface area contributed by atoms with Crippen LogP contribution in [-0.2, 0) is 13.1 Å². The molecule has 0 aliphatic carbocycles. The van der Waals surface area contributed by atoms with Crippen molar-refractivity contribution in [1.82, 2.24) is 14.7 Å². The second-order valence-corrected chi connectivity index (χ2v) is 8.84. The van der Waals surface area contributed by atoms with Gasteiger partial charge in [-0.1, -0.05) is 12.1 Å². The van der Waals surface area contributed by atoms with Crippen LogP contribution in [0.4, 0.5) is 0 Å². The molecule has 1 aliphatic rings. The van der Waals surface area contributed by atoms with E-state index in [1.54, 1.807) is 18.4 Å². The molecule has 1 atom stereocenters. The molecular formula is C22H33N3O3S. The highest BCUT2D eigenvalue weighted by atomic mass is 32.1. The first-order valence-electron chi connectivity index (χ1n) is 10.1. The second-order valence-electron chi connectivity index (χ2n) is 7.81. The van der Waals surface area contributed by atoms with E-state index in [-0.39, 0.29) is 6.61 Å². The predicted octanol–water partition coefficient (Wildman–Crippen LogP) is 2.38. The summed E-state index contributed by atoms with van der Waals surface area (Å²) < 4.78 is 11.4. The Balaban J connectivity index is 1.52. The van der Waals surface area contributed by atoms with Crippen molar-refractivity contribution in [3.05, 3.63) is 46.2 Å². The predicted molar refractivity (Wildman–Crippen MR) is 118 cm³/mol. The van der Waals surface area contributed by atoms with Gasteiger partial charge in [-0.2, -0.15) is 0 Å². The molecule has 0 saturated carbocycles. The highest BCUT2D eigenvalue weighted by molar-refractivity contribution is 7.09. The summed E-state index contributed by atoms with van der Waals surface area (Å²) in [5.74, 6) is 1.38. The summed E-state index contributed by atoms with van der Waals surface area (Å²) >= 11 is 1.78. The number of hydrogen-bond acceptors (Lipinski definition) is 7. The number of piperazine rings is 1. The Morgan fingerprint density at radius 2 is 1.93 bits per heavy atom. The zero-order valence-electron chi connectivity index (χ0n) is 17.7. The molecule has 1 aromatic carbocycles. The van der Waals surface area contributed by atoms with Gasteiger partial charge in [0.2, 0.25) is 0 Å². The third-order valence-corrected chi connectivity index (χ3v) is 6.04. The number of nitrogens with zero attached hydrogens (tertiary/aromatic N) is 3. The zero-order chi connectivity index (χ0) is 20.6. The van der Waals surface area contributed by atoms with Gasteiger partial charge in [0, 0.05) is 50.7 Å². The maximum Gasteiger partial charge on any atom is 0.161 e. The molecule has 1 unspecified atom stereocenters. The Hall–Kier alpha value is -1.64. The molecule has 1 aromatic heterocycles. The second kappa shape index (κ2) is 10.9. The molecule has 1 saturated heterocycles. The van der Waals surface area contributed by atoms with Crippen molar-refractivity contribution in [2.24, 2.45) is 0 Å². The largest absolute Gasteiger partial charge is 0.493 e. The summed E-state index contributed by atoms with van der Waals surface area (Å²) in [5, 5.41) is 12.5. The first-order chi connectivity index (χ1) is 14.0. The molecule has 7 heteroatoms. The lowest BCUT2D eigenvalue weighted by Gasteiger charge is -2.33. The highest BCUT2D eigenvalue weighted by Crippen LogP contribution is 2.29. The van der Waals surface area contributed by atoms with E-state index < -0.39 is 6.10 Å². The molecule has 1 aliphatic heterocycles. The lowest BCUT2D eigenvalue weighted by atomic mass is 10.2. The van der Waals surface area contributed by atoms with Crippen molar-refractivity contribution in [2.45, 2.75) is 19.2 Å². The van der Waals surface area contributed by atoms with Crippen LogP contribution in [0, 0.1) is 0 Å². The van der Waals surface area contributed by atoms with Gasteiger partial charge in [0.05, 0.1) is 7.11 Å². The molecule has 3 rings (SSSR count). The Morgan fingerprint density at radius 1 is 1.14 bits per heavy atom. The zero-order valence-corrected chi connectivity index (χ0v) is 18.5. The van der Waals surface area contributed by atoms with Crippen molar-refractivity contribution in [3.63, 3.8) is 0 Å². The van der Waals surface area contributed by atoms with Gasteiger partial charge in [-0.05, 0) is 43.2 Å². The molecule has 29 heavy (non-hydrogen) atoms. The van der Waals surface area contributed by atoms with Crippen LogP contribution < -0.4 is 9.47 Å². The minimum absolute atomic E-state index is 0.261. The average molecular weight is 420 g/mol. The summed E-state index contributed by atoms with van der Waals surface area (Å²) in [6.07, 6.45) is -0.520. The number of ether oxygens (including phenoxy) is 2. The quantitative estimate of drug-likeness (QED) is 0.638. The van der Waals surface area contributed by atoms with Gasteiger partial charge in [-0.25, -0.2) is 0 Å². The third-order valence-electron chi connectivity index (χ3n) is 5.18. The van der Waals surface area contributed by atoms with Crippen molar-refractivity contribution in [3.8, 4) is 11.5 Å². The maximum atomic E-state index is 10.4. The first kappa shape index (κ1) is 22.1. The molecule has 1 N–H and O–H groups in total. The van der Waals surface area contributed by atoms with Crippen LogP contribution in [0.3, 0.4) is 0 Å². The van der Waals surface area contributed by atoms with Gasteiger partial charge in [0.15, 0.2) is 11.5 Å². The van der Waals surface area contributed by atoms with E-state index in [1.165, 1.54) is 4.88 Å². The lowest BCUT2D eigenvalue weighted by Crippen LogP contribution is -2.47. The maximum absolute atomic E-state index is 10.4. The first-order valence-corrected chi connectivity index (χ1v) is 11.0. The molecule has 2 heterocycles. The number of β-amino-alcohol motifs (C(OH)–C–C–N with tert-alkyl or cyclic N) is 1. The number of benzene rings is 1. The summed E-state index contributed by atoms with van der Waals surface area (Å²) in [7, 11) is 5.89. The Bertz CT molecular complexity index is 733. The molecule has 0 radical (unpaired) electrons. The molecular weight excluding hydrogens is 386 g/mol. The van der Waals surface area contributed by atoms with Crippen LogP contribution in [0.1, 0.15) is 10.4 Å². The van der Waals surface area contributed by atoms with E-state index in [1.807, 2.05) is 12.1 Å². The van der Waals surface area contributed by atoms with Crippen LogP contribution in [0.25, 0.3) is 0 Å². The Morgan fingerprint density at radius 3 is 2.62 bits per heavy atom. The van der Waals surface area contributed by atoms with Crippen molar-refractivity contribution < 1.29 is 14.6 Å². The highest BCUT2D eigenvalue weighted by Gasteiger charge is 2.18. The topological polar surface area (TPSA) is 48.4 Å². The van der Waals surface area contributed by atoms with Gasteiger partial charge in [0.1, 0.15) is 12.7 Å². The van der Waals surface area contributed by atoms with Gasteiger partial charge in [0.25, 0.3) is 0 Å². The fraction of sp³-hybridized carbons (Fsp3) is 0.545. The SMILES string of the molecule is COc1ccc(CN(C)Cc2cccs2)cc1OCC(O)CN1CCN(C)CC1. The van der Waals surface area contributed by atoms with Gasteiger partial charge in [-0.15, -0.1) is 11.3 Å². The van der Waals surface area contributed by atoms with Crippen LogP contribution >= 0.6 is 11.3 Å². The van der Waals surface area contributed by atoms with Crippen molar-refractivity contribution in [1.29, 1.82) is 0 Å². The third kappa shape index (κ3) is 6.97. The average Bonchev–Trinajstić information content (AvgIpc) is 3.21. The lowest BCUT2D eigenvalue weighted by molar-refractivity contribution is 0.0497. The van der Waals surface area contributed by atoms with Crippen LogP contribution in [-0.4, -0.2) is 86.4 Å². The molecule has 0 spiro atoms. The number of aliphatic hydroxyl groups excluding tert-OH is 1. The van der Waals surface area contributed by atoms with E-state index in [0.29, 0.717) is 18.0 Å². The number of hydrogen-bond donors (Lipinski definition) is 1. The van der Waals surface area contributed by atoms with Crippen molar-refractivity contribution >= 4 is 11.3 Å². The van der Waals surface area contributed by atoms with E-state index in [9.17, 15) is 5.11 Å². The van der Waals surface area contributed by atoms with Gasteiger partial charge < -0.3 is 19.5 Å². The normalized spacial score (nSPS) is 16.9. The molecule has 160 valence electrons. The van der Waals surface area contributed by atoms with Crippen LogP contribution in [0.2, 0.25) is 0 Å². The minimum atomic E-state index is -0.520. The number of aliphatic hydroxyl groups is 1. The van der Waals surface area contributed by atoms with Crippen molar-refractivity contribution in [2.75, 3.05) is 60.5 Å². The summed E-state index contributed by atoms with van der Waals surface area (Å²) in [5.41, 5.74) is 1.16.